The molecule has 0 unspecified atom stereocenters. The van der Waals surface area contributed by atoms with Crippen LogP contribution in [0.1, 0.15) is 29.9 Å². The smallest absolute Gasteiger partial charge is 0.409 e. The van der Waals surface area contributed by atoms with Crippen LogP contribution >= 0.6 is 11.6 Å². The number of hydrogen-bond donors (Lipinski definition) is 2. The monoisotopic (exact) mass is 584 g/mol. The van der Waals surface area contributed by atoms with E-state index < -0.39 is 6.10 Å². The normalized spacial score (nSPS) is 17.0. The molecule has 1 amide bonds. The quantitative estimate of drug-likeness (QED) is 0.401. The van der Waals surface area contributed by atoms with Crippen molar-refractivity contribution >= 4 is 23.5 Å². The highest BCUT2D eigenvalue weighted by Crippen LogP contribution is 2.43. The van der Waals surface area contributed by atoms with Gasteiger partial charge in [-0.15, -0.1) is 0 Å². The number of anilines is 1. The Morgan fingerprint density at radius 3 is 2.59 bits per heavy atom. The van der Waals surface area contributed by atoms with Crippen molar-refractivity contribution in [1.29, 1.82) is 0 Å². The van der Waals surface area contributed by atoms with E-state index in [-0.39, 0.29) is 18.1 Å². The van der Waals surface area contributed by atoms with Crippen molar-refractivity contribution in [2.75, 3.05) is 58.4 Å². The highest BCUT2D eigenvalue weighted by atomic mass is 35.5. The van der Waals surface area contributed by atoms with E-state index in [9.17, 15) is 9.90 Å². The van der Waals surface area contributed by atoms with Gasteiger partial charge in [0.25, 0.3) is 0 Å². The van der Waals surface area contributed by atoms with Crippen molar-refractivity contribution in [3.63, 3.8) is 0 Å². The highest BCUT2D eigenvalue weighted by molar-refractivity contribution is 6.33. The molecule has 41 heavy (non-hydrogen) atoms. The number of nitrogens with zero attached hydrogens (tertiary/aromatic N) is 5. The first-order valence-corrected chi connectivity index (χ1v) is 14.2. The Morgan fingerprint density at radius 2 is 1.95 bits per heavy atom. The molecule has 2 aliphatic heterocycles. The van der Waals surface area contributed by atoms with E-state index in [1.54, 1.807) is 30.1 Å². The molecule has 11 nitrogen and oxygen atoms in total. The van der Waals surface area contributed by atoms with Crippen molar-refractivity contribution < 1.29 is 23.9 Å². The number of methoxy groups -OCH3 is 1. The van der Waals surface area contributed by atoms with E-state index in [1.165, 1.54) is 7.11 Å². The van der Waals surface area contributed by atoms with Gasteiger partial charge in [-0.2, -0.15) is 0 Å². The van der Waals surface area contributed by atoms with Gasteiger partial charge in [-0.1, -0.05) is 16.8 Å². The van der Waals surface area contributed by atoms with Crippen molar-refractivity contribution in [1.82, 2.24) is 25.3 Å². The maximum atomic E-state index is 11.9. The molecule has 0 bridgehead atoms. The first-order valence-electron chi connectivity index (χ1n) is 13.8. The van der Waals surface area contributed by atoms with Gasteiger partial charge < -0.3 is 34.2 Å². The second-order valence-corrected chi connectivity index (χ2v) is 11.4. The van der Waals surface area contributed by atoms with Gasteiger partial charge in [0.1, 0.15) is 30.0 Å². The molecule has 3 aromatic rings. The Bertz CT molecular complexity index is 1390. The van der Waals surface area contributed by atoms with Crippen molar-refractivity contribution in [3.05, 3.63) is 40.2 Å². The van der Waals surface area contributed by atoms with Crippen molar-refractivity contribution in [2.24, 2.45) is 5.41 Å². The lowest BCUT2D eigenvalue weighted by Crippen LogP contribution is -2.62. The first-order chi connectivity index (χ1) is 19.6. The Balaban J connectivity index is 1.48. The maximum Gasteiger partial charge on any atom is 0.409 e. The Morgan fingerprint density at radius 1 is 1.22 bits per heavy atom. The molecule has 12 heteroatoms. The molecule has 0 aliphatic carbocycles. The van der Waals surface area contributed by atoms with E-state index in [4.69, 9.17) is 35.6 Å². The Labute approximate surface area is 244 Å². The highest BCUT2D eigenvalue weighted by Gasteiger charge is 2.47. The molecular weight excluding hydrogens is 548 g/mol. The molecule has 2 fully saturated rings. The van der Waals surface area contributed by atoms with Crippen LogP contribution in [0.15, 0.2) is 22.7 Å². The van der Waals surface area contributed by atoms with Crippen LogP contribution in [0.3, 0.4) is 0 Å². The van der Waals surface area contributed by atoms with Gasteiger partial charge in [-0.05, 0) is 58.9 Å². The fraction of sp³-hybridized carbons (Fsp3) is 0.517. The summed E-state index contributed by atoms with van der Waals surface area (Å²) in [6.45, 7) is 9.40. The second-order valence-electron chi connectivity index (χ2n) is 11.0. The molecule has 5 rings (SSSR count). The molecule has 2 N–H and O–H groups in total. The van der Waals surface area contributed by atoms with Crippen LogP contribution in [0, 0.1) is 26.2 Å². The molecule has 2 aromatic heterocycles. The van der Waals surface area contributed by atoms with Gasteiger partial charge >= 0.3 is 6.09 Å². The van der Waals surface area contributed by atoms with Gasteiger partial charge in [-0.3, -0.25) is 0 Å². The zero-order valence-corrected chi connectivity index (χ0v) is 24.9. The summed E-state index contributed by atoms with van der Waals surface area (Å²) < 4.78 is 16.2. The number of carbonyl (C=O) groups excluding carboxylic acids is 1. The van der Waals surface area contributed by atoms with Crippen LogP contribution in [0.4, 0.5) is 10.6 Å². The van der Waals surface area contributed by atoms with Crippen molar-refractivity contribution in [2.45, 2.75) is 39.7 Å². The van der Waals surface area contributed by atoms with E-state index in [1.807, 2.05) is 20.8 Å². The number of aryl methyl sites for hydroxylation is 2. The molecule has 4 heterocycles. The van der Waals surface area contributed by atoms with Crippen LogP contribution in [-0.4, -0.2) is 90.8 Å². The predicted molar refractivity (Wildman–Crippen MR) is 155 cm³/mol. The number of likely N-dealkylation sites (tertiary alicyclic amines) is 1. The molecule has 1 spiro atoms. The number of hydrogen-bond acceptors (Lipinski definition) is 10. The zero-order valence-electron chi connectivity index (χ0n) is 24.2. The van der Waals surface area contributed by atoms with Crippen LogP contribution in [0.5, 0.6) is 5.75 Å². The van der Waals surface area contributed by atoms with Crippen LogP contribution < -0.4 is 15.0 Å². The first kappa shape index (κ1) is 29.1. The maximum absolute atomic E-state index is 11.9. The van der Waals surface area contributed by atoms with E-state index in [0.29, 0.717) is 34.5 Å². The molecule has 0 saturated carbocycles. The average Bonchev–Trinajstić information content (AvgIpc) is 3.28. The van der Waals surface area contributed by atoms with Gasteiger partial charge in [0.05, 0.1) is 29.1 Å². The fourth-order valence-electron chi connectivity index (χ4n) is 5.78. The Hall–Kier alpha value is -3.41. The SMILES string of the molecule is CNC[C@H](O)COc1ccc(Cl)c(-c2nc(-c3c(C)noc3C)c(C)c(N3CCC4(CC3)CN(C(=O)OC)C4)n2)c1. The number of benzene rings is 1. The average molecular weight is 585 g/mol. The lowest BCUT2D eigenvalue weighted by atomic mass is 9.72. The van der Waals surface area contributed by atoms with Crippen LogP contribution in [-0.2, 0) is 4.74 Å². The number of halogens is 1. The Kier molecular flexibility index (Phi) is 8.40. The number of rotatable bonds is 8. The number of likely N-dealkylation sites (N-methyl/N-ethyl adjacent to an activating group) is 1. The van der Waals surface area contributed by atoms with Gasteiger partial charge in [-0.25, -0.2) is 14.8 Å². The molecule has 2 aliphatic rings. The van der Waals surface area contributed by atoms with Crippen LogP contribution in [0.2, 0.25) is 5.02 Å². The molecule has 1 aromatic carbocycles. The van der Waals surface area contributed by atoms with Gasteiger partial charge in [0.15, 0.2) is 5.82 Å². The lowest BCUT2D eigenvalue weighted by molar-refractivity contribution is -0.0122. The molecule has 1 atom stereocenters. The lowest BCUT2D eigenvalue weighted by Gasteiger charge is -2.53. The summed E-state index contributed by atoms with van der Waals surface area (Å²) in [7, 11) is 3.20. The summed E-state index contributed by atoms with van der Waals surface area (Å²) >= 11 is 6.69. The number of aliphatic hydroxyl groups is 1. The molecule has 220 valence electrons. The van der Waals surface area contributed by atoms with Gasteiger partial charge in [0, 0.05) is 49.3 Å². The summed E-state index contributed by atoms with van der Waals surface area (Å²) in [4.78, 5) is 26.0. The number of amides is 1. The van der Waals surface area contributed by atoms with E-state index >= 15 is 0 Å². The minimum atomic E-state index is -0.648. The minimum absolute atomic E-state index is 0.117. The number of nitrogens with one attached hydrogen (secondary N) is 1. The third-order valence-electron chi connectivity index (χ3n) is 8.06. The number of aliphatic hydroxyl groups excluding tert-OH is 1. The van der Waals surface area contributed by atoms with Crippen molar-refractivity contribution in [3.8, 4) is 28.4 Å². The summed E-state index contributed by atoms with van der Waals surface area (Å²) in [5.41, 5.74) is 4.01. The summed E-state index contributed by atoms with van der Waals surface area (Å²) in [5, 5.41) is 17.7. The topological polar surface area (TPSA) is 126 Å². The summed E-state index contributed by atoms with van der Waals surface area (Å²) in [5.74, 6) is 2.53. The molecule has 0 radical (unpaired) electrons. The second kappa shape index (κ2) is 11.8. The van der Waals surface area contributed by atoms with E-state index in [0.717, 1.165) is 67.4 Å². The largest absolute Gasteiger partial charge is 0.491 e. The minimum Gasteiger partial charge on any atom is -0.491 e. The number of piperidine rings is 1. The number of carbonyl (C=O) groups is 1. The van der Waals surface area contributed by atoms with E-state index in [2.05, 4.69) is 15.4 Å². The molecule has 2 saturated heterocycles. The zero-order chi connectivity index (χ0) is 29.3. The third-order valence-corrected chi connectivity index (χ3v) is 8.39. The van der Waals surface area contributed by atoms with Gasteiger partial charge in [0.2, 0.25) is 0 Å². The van der Waals surface area contributed by atoms with Crippen LogP contribution in [0.25, 0.3) is 22.6 Å². The fourth-order valence-corrected chi connectivity index (χ4v) is 5.98. The standard InChI is InChI=1S/C29H37ClN6O5/c1-17-25(24-18(2)34-41-19(24)3)32-26(22-12-21(6-7-23(22)30)40-14-20(37)13-31-4)33-27(17)35-10-8-29(9-11-35)15-36(16-29)28(38)39-5/h6-7,12,20,31,37H,8-11,13-16H2,1-5H3/t20-/m0/s1. The predicted octanol–water partition coefficient (Wildman–Crippen LogP) is 4.00. The summed E-state index contributed by atoms with van der Waals surface area (Å²) in [6.07, 6.45) is 0.973. The summed E-state index contributed by atoms with van der Waals surface area (Å²) in [6, 6.07) is 5.33. The molecular formula is C29H37ClN6O5. The third kappa shape index (κ3) is 5.84. The number of ether oxygens (including phenoxy) is 2. The number of aromatic nitrogens is 3.